The van der Waals surface area contributed by atoms with Crippen molar-refractivity contribution < 1.29 is 5.11 Å². The number of hydrogen-bond acceptors (Lipinski definition) is 3. The molecule has 0 aromatic rings. The van der Waals surface area contributed by atoms with Gasteiger partial charge in [0.15, 0.2) is 0 Å². The second-order valence-electron chi connectivity index (χ2n) is 3.00. The van der Waals surface area contributed by atoms with E-state index in [2.05, 4.69) is 0 Å². The Kier molecular flexibility index (Phi) is 4.70. The average molecular weight is 158 g/mol. The van der Waals surface area contributed by atoms with Crippen LogP contribution in [0.1, 0.15) is 26.7 Å². The molecule has 0 saturated carbocycles. The number of hydrogen-bond donors (Lipinski definition) is 3. The third-order valence-corrected chi connectivity index (χ3v) is 1.93. The first kappa shape index (κ1) is 10.3. The molecule has 0 fully saturated rings. The Bertz CT molecular complexity index is 132. The van der Waals surface area contributed by atoms with Gasteiger partial charge in [-0.05, 0) is 25.7 Å². The molecule has 0 aliphatic carbocycles. The molecule has 0 amide bonds. The fraction of sp³-hybridized carbons (Fsp3) is 0.750. The van der Waals surface area contributed by atoms with E-state index in [1.165, 1.54) is 6.20 Å². The molecule has 0 rings (SSSR count). The number of aliphatic hydroxyl groups excluding tert-OH is 1. The third-order valence-electron chi connectivity index (χ3n) is 1.93. The van der Waals surface area contributed by atoms with E-state index in [0.717, 1.165) is 12.8 Å². The van der Waals surface area contributed by atoms with Crippen LogP contribution in [-0.4, -0.2) is 11.2 Å². The van der Waals surface area contributed by atoms with E-state index in [1.807, 2.05) is 6.92 Å². The highest BCUT2D eigenvalue weighted by Crippen LogP contribution is 2.11. The summed E-state index contributed by atoms with van der Waals surface area (Å²) in [6, 6.07) is 0. The predicted molar refractivity (Wildman–Crippen MR) is 46.5 cm³/mol. The second-order valence-corrected chi connectivity index (χ2v) is 3.00. The summed E-state index contributed by atoms with van der Waals surface area (Å²) >= 11 is 0. The van der Waals surface area contributed by atoms with Gasteiger partial charge in [-0.2, -0.15) is 0 Å². The van der Waals surface area contributed by atoms with Crippen LogP contribution in [0.4, 0.5) is 0 Å². The van der Waals surface area contributed by atoms with Gasteiger partial charge in [-0.15, -0.1) is 0 Å². The van der Waals surface area contributed by atoms with Crippen molar-refractivity contribution in [1.29, 1.82) is 0 Å². The number of rotatable bonds is 4. The molecule has 3 nitrogen and oxygen atoms in total. The van der Waals surface area contributed by atoms with Gasteiger partial charge in [0.05, 0.1) is 6.10 Å². The Morgan fingerprint density at radius 2 is 2.09 bits per heavy atom. The topological polar surface area (TPSA) is 72.3 Å². The molecule has 0 aliphatic rings. The number of nitrogens with two attached hydrogens (primary N) is 2. The summed E-state index contributed by atoms with van der Waals surface area (Å²) in [6.07, 6.45) is 2.80. The summed E-state index contributed by atoms with van der Waals surface area (Å²) in [5.74, 6) is 0.286. The summed E-state index contributed by atoms with van der Waals surface area (Å²) < 4.78 is 0. The van der Waals surface area contributed by atoms with Crippen molar-refractivity contribution in [1.82, 2.24) is 0 Å². The summed E-state index contributed by atoms with van der Waals surface area (Å²) in [4.78, 5) is 0. The maximum Gasteiger partial charge on any atom is 0.0537 e. The molecule has 0 spiro atoms. The molecule has 0 saturated heterocycles. The monoisotopic (exact) mass is 158 g/mol. The lowest BCUT2D eigenvalue weighted by molar-refractivity contribution is 0.130. The van der Waals surface area contributed by atoms with E-state index in [4.69, 9.17) is 16.6 Å². The van der Waals surface area contributed by atoms with Gasteiger partial charge < -0.3 is 16.6 Å². The van der Waals surface area contributed by atoms with Crippen LogP contribution in [0.25, 0.3) is 0 Å². The van der Waals surface area contributed by atoms with Gasteiger partial charge in [-0.3, -0.25) is 0 Å². The third kappa shape index (κ3) is 4.67. The molecule has 0 aromatic carbocycles. The fourth-order valence-corrected chi connectivity index (χ4v) is 0.719. The lowest BCUT2D eigenvalue weighted by Gasteiger charge is -2.13. The average Bonchev–Trinajstić information content (AvgIpc) is 1.99. The van der Waals surface area contributed by atoms with Crippen LogP contribution in [0.3, 0.4) is 0 Å². The number of aliphatic hydroxyl groups is 1. The Labute approximate surface area is 68.1 Å². The number of allylic oxidation sites excluding steroid dienone is 1. The maximum atomic E-state index is 9.11. The van der Waals surface area contributed by atoms with Crippen LogP contribution >= 0.6 is 0 Å². The molecule has 3 heteroatoms. The van der Waals surface area contributed by atoms with Gasteiger partial charge in [-0.25, -0.2) is 0 Å². The normalized spacial score (nSPS) is 17.9. The predicted octanol–water partition coefficient (Wildman–Crippen LogP) is 0.542. The quantitative estimate of drug-likeness (QED) is 0.559. The van der Waals surface area contributed by atoms with Crippen molar-refractivity contribution in [2.24, 2.45) is 17.4 Å². The van der Waals surface area contributed by atoms with E-state index in [0.29, 0.717) is 5.70 Å². The van der Waals surface area contributed by atoms with Gasteiger partial charge in [0.25, 0.3) is 0 Å². The van der Waals surface area contributed by atoms with Crippen molar-refractivity contribution in [3.05, 3.63) is 11.9 Å². The minimum Gasteiger partial charge on any atom is -0.403 e. The zero-order valence-corrected chi connectivity index (χ0v) is 7.25. The van der Waals surface area contributed by atoms with Crippen molar-refractivity contribution in [3.63, 3.8) is 0 Å². The molecule has 5 N–H and O–H groups in total. The first-order chi connectivity index (χ1) is 5.07. The molecule has 2 atom stereocenters. The molecule has 0 bridgehead atoms. The van der Waals surface area contributed by atoms with Gasteiger partial charge >= 0.3 is 0 Å². The van der Waals surface area contributed by atoms with Gasteiger partial charge in [0.2, 0.25) is 0 Å². The van der Waals surface area contributed by atoms with Crippen LogP contribution < -0.4 is 11.5 Å². The Morgan fingerprint density at radius 1 is 1.55 bits per heavy atom. The van der Waals surface area contributed by atoms with Crippen LogP contribution in [0.2, 0.25) is 0 Å². The van der Waals surface area contributed by atoms with Crippen LogP contribution in [0.5, 0.6) is 0 Å². The van der Waals surface area contributed by atoms with Crippen molar-refractivity contribution in [2.45, 2.75) is 32.8 Å². The molecule has 11 heavy (non-hydrogen) atoms. The molecule has 66 valence electrons. The molecular formula is C8H18N2O. The van der Waals surface area contributed by atoms with Crippen LogP contribution in [-0.2, 0) is 0 Å². The zero-order valence-electron chi connectivity index (χ0n) is 7.25. The first-order valence-electron chi connectivity index (χ1n) is 3.92. The van der Waals surface area contributed by atoms with Crippen molar-refractivity contribution >= 4 is 0 Å². The summed E-state index contributed by atoms with van der Waals surface area (Å²) in [6.45, 7) is 3.78. The minimum atomic E-state index is -0.263. The fourth-order valence-electron chi connectivity index (χ4n) is 0.719. The lowest BCUT2D eigenvalue weighted by Crippen LogP contribution is -2.14. The smallest absolute Gasteiger partial charge is 0.0537 e. The van der Waals surface area contributed by atoms with E-state index in [-0.39, 0.29) is 12.0 Å². The van der Waals surface area contributed by atoms with Gasteiger partial charge in [-0.1, -0.05) is 6.92 Å². The van der Waals surface area contributed by atoms with Gasteiger partial charge in [0.1, 0.15) is 0 Å². The molecule has 0 heterocycles. The molecular weight excluding hydrogens is 140 g/mol. The van der Waals surface area contributed by atoms with Gasteiger partial charge in [0, 0.05) is 11.9 Å². The molecule has 0 aromatic heterocycles. The standard InChI is InChI=1S/C8H18N2O/c1-6(7(2)11)3-4-8(10)5-9/h5-7,11H,3-4,9-10H2,1-2H3/b8-5-. The van der Waals surface area contributed by atoms with Crippen molar-refractivity contribution in [3.8, 4) is 0 Å². The maximum absolute atomic E-state index is 9.11. The highest BCUT2D eigenvalue weighted by Gasteiger charge is 2.07. The van der Waals surface area contributed by atoms with Crippen molar-refractivity contribution in [2.75, 3.05) is 0 Å². The highest BCUT2D eigenvalue weighted by molar-refractivity contribution is 4.92. The Balaban J connectivity index is 3.54. The SMILES string of the molecule is CC(O)C(C)CC/C(N)=C/N. The highest BCUT2D eigenvalue weighted by atomic mass is 16.3. The minimum absolute atomic E-state index is 0.263. The Morgan fingerprint density at radius 3 is 2.45 bits per heavy atom. The zero-order chi connectivity index (χ0) is 8.85. The van der Waals surface area contributed by atoms with E-state index < -0.39 is 0 Å². The summed E-state index contributed by atoms with van der Waals surface area (Å²) in [5.41, 5.74) is 11.4. The Hall–Kier alpha value is -0.700. The molecule has 2 unspecified atom stereocenters. The van der Waals surface area contributed by atoms with E-state index in [9.17, 15) is 0 Å². The van der Waals surface area contributed by atoms with E-state index >= 15 is 0 Å². The van der Waals surface area contributed by atoms with Crippen LogP contribution in [0, 0.1) is 5.92 Å². The largest absolute Gasteiger partial charge is 0.403 e. The molecule has 0 radical (unpaired) electrons. The first-order valence-corrected chi connectivity index (χ1v) is 3.92. The van der Waals surface area contributed by atoms with Crippen LogP contribution in [0.15, 0.2) is 11.9 Å². The second kappa shape index (κ2) is 5.02. The van der Waals surface area contributed by atoms with E-state index in [1.54, 1.807) is 6.92 Å². The molecule has 0 aliphatic heterocycles. The lowest BCUT2D eigenvalue weighted by atomic mass is 9.99. The summed E-state index contributed by atoms with van der Waals surface area (Å²) in [7, 11) is 0. The summed E-state index contributed by atoms with van der Waals surface area (Å²) in [5, 5.41) is 9.11.